The van der Waals surface area contributed by atoms with Crippen molar-refractivity contribution in [2.45, 2.75) is 31.3 Å². The Bertz CT molecular complexity index is 1510. The summed E-state index contributed by atoms with van der Waals surface area (Å²) < 4.78 is 8.03. The standard InChI is InChI=1S/C36H40N3O/c1-39(25-8-21-37-22-26-39)32-15-12-30(13-16-32)36(29-9-4-2-5-10-29)20-19-34-33-17-14-31(38-23-6-3-7-24-38)27-28(33)11-18-35(34)40-36/h2,4-5,9-20,27,37H,3,6-8,21-26H2,1H3/q+1. The van der Waals surface area contributed by atoms with Gasteiger partial charge in [0.2, 0.25) is 0 Å². The Hall–Kier alpha value is -3.60. The second-order valence-electron chi connectivity index (χ2n) is 12.0. The quantitative estimate of drug-likeness (QED) is 0.285. The van der Waals surface area contributed by atoms with Crippen molar-refractivity contribution in [3.8, 4) is 5.75 Å². The number of quaternary nitrogens is 1. The van der Waals surface area contributed by atoms with Gasteiger partial charge in [0.15, 0.2) is 5.60 Å². The molecule has 1 N–H and O–H groups in total. The predicted molar refractivity (Wildman–Crippen MR) is 168 cm³/mol. The van der Waals surface area contributed by atoms with E-state index in [0.29, 0.717) is 0 Å². The SMILES string of the molecule is C[N+]1(c2ccc(C3(c4ccccc4)C=Cc4c(ccc5cc(N6CCCCC6)ccc45)O3)cc2)CCCNCC1. The Morgan fingerprint density at radius 1 is 0.775 bits per heavy atom. The number of fused-ring (bicyclic) bond motifs is 3. The number of piperidine rings is 1. The Balaban J connectivity index is 1.27. The van der Waals surface area contributed by atoms with Gasteiger partial charge in [-0.2, -0.15) is 0 Å². The second kappa shape index (κ2) is 10.4. The first-order valence-corrected chi connectivity index (χ1v) is 15.1. The van der Waals surface area contributed by atoms with Crippen LogP contribution in [0, 0.1) is 0 Å². The molecule has 2 atom stereocenters. The molecule has 4 nitrogen and oxygen atoms in total. The van der Waals surface area contributed by atoms with E-state index < -0.39 is 5.60 Å². The molecule has 0 spiro atoms. The smallest absolute Gasteiger partial charge is 0.178 e. The van der Waals surface area contributed by atoms with E-state index in [1.54, 1.807) is 0 Å². The highest BCUT2D eigenvalue weighted by atomic mass is 16.5. The molecule has 3 aliphatic rings. The van der Waals surface area contributed by atoms with Gasteiger partial charge in [0.1, 0.15) is 11.4 Å². The van der Waals surface area contributed by atoms with Crippen LogP contribution in [0.1, 0.15) is 42.4 Å². The lowest BCUT2D eigenvalue weighted by Gasteiger charge is -2.37. The summed E-state index contributed by atoms with van der Waals surface area (Å²) in [5.74, 6) is 0.936. The van der Waals surface area contributed by atoms with Crippen LogP contribution in [0.3, 0.4) is 0 Å². The van der Waals surface area contributed by atoms with Crippen LogP contribution in [-0.2, 0) is 5.60 Å². The summed E-state index contributed by atoms with van der Waals surface area (Å²) in [5, 5.41) is 6.08. The van der Waals surface area contributed by atoms with Crippen molar-refractivity contribution in [2.75, 3.05) is 51.2 Å². The van der Waals surface area contributed by atoms with E-state index >= 15 is 0 Å². The van der Waals surface area contributed by atoms with Crippen LogP contribution >= 0.6 is 0 Å². The highest BCUT2D eigenvalue weighted by Crippen LogP contribution is 2.45. The van der Waals surface area contributed by atoms with Crippen molar-refractivity contribution >= 4 is 28.2 Å². The molecule has 3 heterocycles. The summed E-state index contributed by atoms with van der Waals surface area (Å²) in [6.45, 7) is 6.75. The third-order valence-corrected chi connectivity index (χ3v) is 9.39. The zero-order chi connectivity index (χ0) is 27.0. The van der Waals surface area contributed by atoms with Crippen LogP contribution in [0.5, 0.6) is 5.75 Å². The van der Waals surface area contributed by atoms with Gasteiger partial charge in [-0.1, -0.05) is 42.5 Å². The van der Waals surface area contributed by atoms with E-state index in [0.717, 1.165) is 60.6 Å². The summed E-state index contributed by atoms with van der Waals surface area (Å²) in [4.78, 5) is 2.53. The van der Waals surface area contributed by atoms with E-state index in [1.165, 1.54) is 53.4 Å². The number of benzene rings is 4. The first-order chi connectivity index (χ1) is 19.6. The van der Waals surface area contributed by atoms with Gasteiger partial charge < -0.3 is 15.0 Å². The van der Waals surface area contributed by atoms with Crippen LogP contribution in [0.4, 0.5) is 11.4 Å². The lowest BCUT2D eigenvalue weighted by molar-refractivity contribution is 0.161. The average molecular weight is 531 g/mol. The predicted octanol–water partition coefficient (Wildman–Crippen LogP) is 7.11. The molecule has 0 saturated carbocycles. The topological polar surface area (TPSA) is 24.5 Å². The second-order valence-corrected chi connectivity index (χ2v) is 12.0. The number of likely N-dealkylation sites (N-methyl/N-ethyl adjacent to an activating group) is 1. The minimum atomic E-state index is -0.673. The number of hydrogen-bond acceptors (Lipinski definition) is 3. The molecule has 4 aromatic carbocycles. The monoisotopic (exact) mass is 530 g/mol. The minimum absolute atomic E-state index is 0.673. The van der Waals surface area contributed by atoms with Crippen molar-refractivity contribution in [3.05, 3.63) is 108 Å². The van der Waals surface area contributed by atoms with Gasteiger partial charge in [0, 0.05) is 55.0 Å². The molecule has 3 aliphatic heterocycles. The number of hydrogen-bond donors (Lipinski definition) is 1. The highest BCUT2D eigenvalue weighted by molar-refractivity contribution is 5.96. The van der Waals surface area contributed by atoms with Crippen molar-refractivity contribution in [1.82, 2.24) is 9.80 Å². The first-order valence-electron chi connectivity index (χ1n) is 15.1. The number of nitrogens with zero attached hydrogens (tertiary/aromatic N) is 2. The molecule has 4 aromatic rings. The fourth-order valence-corrected chi connectivity index (χ4v) is 6.94. The van der Waals surface area contributed by atoms with E-state index in [9.17, 15) is 0 Å². The van der Waals surface area contributed by atoms with E-state index in [4.69, 9.17) is 4.74 Å². The van der Waals surface area contributed by atoms with Crippen molar-refractivity contribution in [1.29, 1.82) is 0 Å². The van der Waals surface area contributed by atoms with Crippen LogP contribution in [0.15, 0.2) is 91.0 Å². The number of nitrogens with one attached hydrogen (secondary N) is 1. The summed E-state index contributed by atoms with van der Waals surface area (Å²) in [7, 11) is 2.37. The van der Waals surface area contributed by atoms with Gasteiger partial charge in [-0.25, -0.2) is 0 Å². The molecule has 0 aliphatic carbocycles. The van der Waals surface area contributed by atoms with E-state index in [-0.39, 0.29) is 0 Å². The highest BCUT2D eigenvalue weighted by Gasteiger charge is 2.38. The number of rotatable bonds is 4. The maximum Gasteiger partial charge on any atom is 0.178 e. The van der Waals surface area contributed by atoms with Crippen LogP contribution in [0.25, 0.3) is 16.8 Å². The molecule has 2 saturated heterocycles. The lowest BCUT2D eigenvalue weighted by Crippen LogP contribution is -2.47. The fraction of sp³-hybridized carbons (Fsp3) is 0.333. The minimum Gasteiger partial charge on any atom is -0.473 e. The third kappa shape index (κ3) is 4.49. The Kier molecular flexibility index (Phi) is 6.61. The first kappa shape index (κ1) is 25.4. The van der Waals surface area contributed by atoms with Gasteiger partial charge in [-0.15, -0.1) is 0 Å². The molecule has 204 valence electrons. The molecule has 2 fully saturated rings. The number of ether oxygens (including phenoxy) is 1. The van der Waals surface area contributed by atoms with Gasteiger partial charge in [0.05, 0.1) is 20.1 Å². The largest absolute Gasteiger partial charge is 0.473 e. The average Bonchev–Trinajstić information content (AvgIpc) is 3.26. The molecule has 2 unspecified atom stereocenters. The Labute approximate surface area is 238 Å². The summed E-state index contributed by atoms with van der Waals surface area (Å²) in [6, 6.07) is 31.2. The third-order valence-electron chi connectivity index (χ3n) is 9.39. The Morgan fingerprint density at radius 3 is 2.40 bits per heavy atom. The summed E-state index contributed by atoms with van der Waals surface area (Å²) in [5.41, 5.74) is 5.50. The lowest BCUT2D eigenvalue weighted by atomic mass is 9.83. The molecule has 40 heavy (non-hydrogen) atoms. The summed E-state index contributed by atoms with van der Waals surface area (Å²) >= 11 is 0. The molecule has 0 bridgehead atoms. The van der Waals surface area contributed by atoms with Gasteiger partial charge >= 0.3 is 0 Å². The van der Waals surface area contributed by atoms with Crippen molar-refractivity contribution < 1.29 is 4.74 Å². The van der Waals surface area contributed by atoms with Gasteiger partial charge in [-0.3, -0.25) is 4.48 Å². The van der Waals surface area contributed by atoms with Gasteiger partial charge in [-0.05, 0) is 84.7 Å². The maximum absolute atomic E-state index is 7.06. The van der Waals surface area contributed by atoms with Crippen LogP contribution in [-0.4, -0.2) is 46.3 Å². The van der Waals surface area contributed by atoms with E-state index in [1.807, 2.05) is 0 Å². The molecule has 0 radical (unpaired) electrons. The Morgan fingerprint density at radius 2 is 1.57 bits per heavy atom. The van der Waals surface area contributed by atoms with Crippen molar-refractivity contribution in [2.24, 2.45) is 0 Å². The molecular formula is C36H40N3O+. The fourth-order valence-electron chi connectivity index (χ4n) is 6.94. The number of anilines is 1. The molecule has 0 aromatic heterocycles. The van der Waals surface area contributed by atoms with E-state index in [2.05, 4.69) is 114 Å². The zero-order valence-electron chi connectivity index (χ0n) is 23.6. The maximum atomic E-state index is 7.06. The van der Waals surface area contributed by atoms with Crippen LogP contribution < -0.4 is 19.4 Å². The zero-order valence-corrected chi connectivity index (χ0v) is 23.6. The van der Waals surface area contributed by atoms with Gasteiger partial charge in [0.25, 0.3) is 0 Å². The normalized spacial score (nSPS) is 24.8. The van der Waals surface area contributed by atoms with Crippen molar-refractivity contribution in [3.63, 3.8) is 0 Å². The molecule has 7 rings (SSSR count). The van der Waals surface area contributed by atoms with Crippen LogP contribution in [0.2, 0.25) is 0 Å². The summed E-state index contributed by atoms with van der Waals surface area (Å²) in [6.07, 6.45) is 9.68. The molecule has 4 heteroatoms. The molecular weight excluding hydrogens is 490 g/mol. The molecule has 0 amide bonds.